The van der Waals surface area contributed by atoms with E-state index in [9.17, 15) is 8.42 Å². The first-order valence-corrected chi connectivity index (χ1v) is 5.83. The largest absolute Gasteiger partial charge is 0.380 e. The average molecular weight is 207 g/mol. The van der Waals surface area contributed by atoms with Crippen molar-refractivity contribution in [1.82, 2.24) is 0 Å². The molecule has 0 heterocycles. The second-order valence-electron chi connectivity index (χ2n) is 2.74. The van der Waals surface area contributed by atoms with Crippen molar-refractivity contribution in [3.05, 3.63) is 12.7 Å². The van der Waals surface area contributed by atoms with E-state index in [0.29, 0.717) is 19.4 Å². The van der Waals surface area contributed by atoms with Crippen molar-refractivity contribution in [3.8, 4) is 0 Å². The van der Waals surface area contributed by atoms with Gasteiger partial charge in [0.15, 0.2) is 0 Å². The van der Waals surface area contributed by atoms with E-state index in [1.165, 1.54) is 0 Å². The molecule has 0 aromatic heterocycles. The Bertz CT molecular complexity index is 236. The number of sulfonamides is 1. The predicted molar refractivity (Wildman–Crippen MR) is 52.8 cm³/mol. The normalized spacial score (nSPS) is 14.0. The Morgan fingerprint density at radius 2 is 2.23 bits per heavy atom. The summed E-state index contributed by atoms with van der Waals surface area (Å²) in [5.74, 6) is 0. The molecule has 13 heavy (non-hydrogen) atoms. The monoisotopic (exact) mass is 207 g/mol. The molecular formula is C8H17NO3S. The molecule has 0 saturated carbocycles. The van der Waals surface area contributed by atoms with E-state index in [4.69, 9.17) is 9.88 Å². The standard InChI is InChI=1S/C8H17NO3S/c1-3-5-6-8(7-12-4-2)13(9,10)11/h3,8H,1,4-7H2,2H3,(H2,9,10,11). The number of allylic oxidation sites excluding steroid dienone is 1. The fraction of sp³-hybridized carbons (Fsp3) is 0.750. The van der Waals surface area contributed by atoms with Crippen LogP contribution >= 0.6 is 0 Å². The Balaban J connectivity index is 4.11. The molecule has 4 nitrogen and oxygen atoms in total. The molecule has 78 valence electrons. The first-order chi connectivity index (χ1) is 6.02. The molecule has 5 heteroatoms. The first kappa shape index (κ1) is 12.6. The van der Waals surface area contributed by atoms with Crippen LogP contribution in [0.1, 0.15) is 19.8 Å². The van der Waals surface area contributed by atoms with Gasteiger partial charge in [-0.05, 0) is 19.8 Å². The van der Waals surface area contributed by atoms with E-state index in [1.807, 2.05) is 6.92 Å². The van der Waals surface area contributed by atoms with Crippen molar-refractivity contribution < 1.29 is 13.2 Å². The molecule has 0 amide bonds. The molecule has 1 unspecified atom stereocenters. The second kappa shape index (κ2) is 6.12. The van der Waals surface area contributed by atoms with Crippen molar-refractivity contribution in [2.24, 2.45) is 5.14 Å². The Hall–Kier alpha value is -0.390. The van der Waals surface area contributed by atoms with Gasteiger partial charge in [-0.2, -0.15) is 0 Å². The van der Waals surface area contributed by atoms with Gasteiger partial charge in [-0.25, -0.2) is 13.6 Å². The van der Waals surface area contributed by atoms with E-state index in [-0.39, 0.29) is 6.61 Å². The van der Waals surface area contributed by atoms with Crippen molar-refractivity contribution in [2.45, 2.75) is 25.0 Å². The van der Waals surface area contributed by atoms with Crippen LogP contribution in [-0.2, 0) is 14.8 Å². The minimum Gasteiger partial charge on any atom is -0.380 e. The Labute approximate surface area is 79.8 Å². The van der Waals surface area contributed by atoms with E-state index in [0.717, 1.165) is 0 Å². The third-order valence-corrected chi connectivity index (χ3v) is 2.97. The quantitative estimate of drug-likeness (QED) is 0.623. The van der Waals surface area contributed by atoms with Gasteiger partial charge in [-0.1, -0.05) is 6.08 Å². The van der Waals surface area contributed by atoms with Crippen LogP contribution in [0, 0.1) is 0 Å². The summed E-state index contributed by atoms with van der Waals surface area (Å²) >= 11 is 0. The van der Waals surface area contributed by atoms with Gasteiger partial charge in [-0.15, -0.1) is 6.58 Å². The topological polar surface area (TPSA) is 69.4 Å². The smallest absolute Gasteiger partial charge is 0.214 e. The highest BCUT2D eigenvalue weighted by Gasteiger charge is 2.20. The van der Waals surface area contributed by atoms with Crippen LogP contribution in [0.2, 0.25) is 0 Å². The highest BCUT2D eigenvalue weighted by molar-refractivity contribution is 7.89. The van der Waals surface area contributed by atoms with Crippen LogP contribution in [0.5, 0.6) is 0 Å². The van der Waals surface area contributed by atoms with E-state index < -0.39 is 15.3 Å². The lowest BCUT2D eigenvalue weighted by Crippen LogP contribution is -2.32. The van der Waals surface area contributed by atoms with Gasteiger partial charge < -0.3 is 4.74 Å². The molecule has 0 bridgehead atoms. The molecule has 2 N–H and O–H groups in total. The highest BCUT2D eigenvalue weighted by Crippen LogP contribution is 2.06. The minimum absolute atomic E-state index is 0.170. The molecule has 0 radical (unpaired) electrons. The summed E-state index contributed by atoms with van der Waals surface area (Å²) in [6, 6.07) is 0. The zero-order chi connectivity index (χ0) is 10.3. The number of hydrogen-bond acceptors (Lipinski definition) is 3. The Morgan fingerprint density at radius 3 is 2.62 bits per heavy atom. The molecule has 0 aromatic carbocycles. The van der Waals surface area contributed by atoms with Crippen molar-refractivity contribution >= 4 is 10.0 Å². The molecule has 1 atom stereocenters. The van der Waals surface area contributed by atoms with E-state index in [1.54, 1.807) is 6.08 Å². The lowest BCUT2D eigenvalue weighted by molar-refractivity contribution is 0.145. The summed E-state index contributed by atoms with van der Waals surface area (Å²) in [5.41, 5.74) is 0. The summed E-state index contributed by atoms with van der Waals surface area (Å²) in [7, 11) is -3.48. The summed E-state index contributed by atoms with van der Waals surface area (Å²) in [5, 5.41) is 4.41. The predicted octanol–water partition coefficient (Wildman–Crippen LogP) is 0.646. The Kier molecular flexibility index (Phi) is 5.94. The van der Waals surface area contributed by atoms with E-state index in [2.05, 4.69) is 6.58 Å². The van der Waals surface area contributed by atoms with Crippen LogP contribution in [0.15, 0.2) is 12.7 Å². The minimum atomic E-state index is -3.48. The summed E-state index contributed by atoms with van der Waals surface area (Å²) in [4.78, 5) is 0. The van der Waals surface area contributed by atoms with Gasteiger partial charge in [0.25, 0.3) is 0 Å². The molecule has 0 aromatic rings. The number of ether oxygens (including phenoxy) is 1. The van der Waals surface area contributed by atoms with Gasteiger partial charge in [0.05, 0.1) is 11.9 Å². The fourth-order valence-electron chi connectivity index (χ4n) is 0.895. The van der Waals surface area contributed by atoms with Crippen LogP contribution in [0.4, 0.5) is 0 Å². The van der Waals surface area contributed by atoms with Crippen molar-refractivity contribution in [3.63, 3.8) is 0 Å². The van der Waals surface area contributed by atoms with Gasteiger partial charge in [0.2, 0.25) is 10.0 Å². The van der Waals surface area contributed by atoms with Crippen LogP contribution < -0.4 is 5.14 Å². The summed E-state index contributed by atoms with van der Waals surface area (Å²) in [6.45, 7) is 6.00. The Morgan fingerprint density at radius 1 is 1.62 bits per heavy atom. The maximum absolute atomic E-state index is 11.0. The summed E-state index contributed by atoms with van der Waals surface area (Å²) in [6.07, 6.45) is 2.78. The average Bonchev–Trinajstić information content (AvgIpc) is 2.02. The molecule has 0 saturated heterocycles. The molecule has 0 aliphatic heterocycles. The third-order valence-electron chi connectivity index (χ3n) is 1.67. The van der Waals surface area contributed by atoms with Crippen molar-refractivity contribution in [2.75, 3.05) is 13.2 Å². The van der Waals surface area contributed by atoms with E-state index >= 15 is 0 Å². The second-order valence-corrected chi connectivity index (χ2v) is 4.58. The lowest BCUT2D eigenvalue weighted by Gasteiger charge is -2.12. The molecule has 0 spiro atoms. The van der Waals surface area contributed by atoms with Gasteiger partial charge in [-0.3, -0.25) is 0 Å². The maximum atomic E-state index is 11.0. The maximum Gasteiger partial charge on any atom is 0.214 e. The SMILES string of the molecule is C=CCCC(COCC)S(N)(=O)=O. The zero-order valence-electron chi connectivity index (χ0n) is 7.90. The highest BCUT2D eigenvalue weighted by atomic mass is 32.2. The fourth-order valence-corrected chi connectivity index (χ4v) is 1.65. The van der Waals surface area contributed by atoms with Crippen molar-refractivity contribution in [1.29, 1.82) is 0 Å². The van der Waals surface area contributed by atoms with Gasteiger partial charge in [0.1, 0.15) is 0 Å². The number of rotatable bonds is 7. The van der Waals surface area contributed by atoms with Crippen LogP contribution in [0.25, 0.3) is 0 Å². The van der Waals surface area contributed by atoms with Crippen LogP contribution in [0.3, 0.4) is 0 Å². The van der Waals surface area contributed by atoms with Gasteiger partial charge in [0, 0.05) is 6.61 Å². The molecular weight excluding hydrogens is 190 g/mol. The van der Waals surface area contributed by atoms with Gasteiger partial charge >= 0.3 is 0 Å². The first-order valence-electron chi connectivity index (χ1n) is 4.22. The molecule has 0 aliphatic rings. The third kappa shape index (κ3) is 5.79. The van der Waals surface area contributed by atoms with Crippen LogP contribution in [-0.4, -0.2) is 26.9 Å². The number of primary sulfonamides is 1. The number of hydrogen-bond donors (Lipinski definition) is 1. The molecule has 0 fully saturated rings. The molecule has 0 aliphatic carbocycles. The zero-order valence-corrected chi connectivity index (χ0v) is 8.72. The molecule has 0 rings (SSSR count). The lowest BCUT2D eigenvalue weighted by atomic mass is 10.2. The summed E-state index contributed by atoms with van der Waals surface area (Å²) < 4.78 is 27.0. The number of nitrogens with two attached hydrogens (primary N) is 1.